The topological polar surface area (TPSA) is 76.5 Å². The number of benzene rings is 1. The maximum absolute atomic E-state index is 13.1. The second kappa shape index (κ2) is 9.64. The lowest BCUT2D eigenvalue weighted by Gasteiger charge is -2.26. The third kappa shape index (κ3) is 4.45. The Morgan fingerprint density at radius 1 is 1.22 bits per heavy atom. The summed E-state index contributed by atoms with van der Waals surface area (Å²) >= 11 is 3.01. The van der Waals surface area contributed by atoms with Gasteiger partial charge in [-0.3, -0.25) is 14.2 Å². The first-order valence-electron chi connectivity index (χ1n) is 10.1. The number of aromatic nitrogens is 2. The van der Waals surface area contributed by atoms with Crippen molar-refractivity contribution in [2.45, 2.75) is 12.6 Å². The molecule has 32 heavy (non-hydrogen) atoms. The van der Waals surface area contributed by atoms with Gasteiger partial charge in [0.25, 0.3) is 5.56 Å². The van der Waals surface area contributed by atoms with E-state index >= 15 is 0 Å². The standard InChI is InChI=1S/C23H24N4O3S2/c1-26(2)17(15-7-4-5-8-18(15)30-3)11-24-20(28)12-27-14-25-22-21(23(27)29)16(13-32-22)19-9-6-10-31-19/h4-10,13-14,17H,11-12H2,1-3H3,(H,24,28). The van der Waals surface area contributed by atoms with Gasteiger partial charge in [-0.15, -0.1) is 22.7 Å². The zero-order chi connectivity index (χ0) is 22.7. The third-order valence-electron chi connectivity index (χ3n) is 5.28. The Morgan fingerprint density at radius 3 is 2.75 bits per heavy atom. The molecular weight excluding hydrogens is 444 g/mol. The van der Waals surface area contributed by atoms with E-state index in [1.54, 1.807) is 18.4 Å². The van der Waals surface area contributed by atoms with Gasteiger partial charge in [0, 0.05) is 27.9 Å². The molecule has 4 rings (SSSR count). The first-order chi connectivity index (χ1) is 15.5. The second-order valence-corrected chi connectivity index (χ2v) is 9.32. The van der Waals surface area contributed by atoms with Gasteiger partial charge >= 0.3 is 0 Å². The Labute approximate surface area is 193 Å². The molecule has 166 valence electrons. The molecule has 4 aromatic rings. The summed E-state index contributed by atoms with van der Waals surface area (Å²) in [6.45, 7) is 0.295. The fourth-order valence-electron chi connectivity index (χ4n) is 3.63. The van der Waals surface area contributed by atoms with E-state index in [0.717, 1.165) is 21.8 Å². The van der Waals surface area contributed by atoms with E-state index in [-0.39, 0.29) is 24.1 Å². The van der Waals surface area contributed by atoms with E-state index in [4.69, 9.17) is 4.74 Å². The van der Waals surface area contributed by atoms with E-state index in [0.29, 0.717) is 16.8 Å². The molecule has 9 heteroatoms. The number of para-hydroxylation sites is 1. The van der Waals surface area contributed by atoms with Crippen LogP contribution in [0.15, 0.2) is 58.3 Å². The molecule has 1 amide bonds. The second-order valence-electron chi connectivity index (χ2n) is 7.51. The summed E-state index contributed by atoms with van der Waals surface area (Å²) in [6, 6.07) is 11.6. The highest BCUT2D eigenvalue weighted by Gasteiger charge is 2.20. The van der Waals surface area contributed by atoms with Crippen LogP contribution < -0.4 is 15.6 Å². The average molecular weight is 469 g/mol. The maximum Gasteiger partial charge on any atom is 0.263 e. The monoisotopic (exact) mass is 468 g/mol. The highest BCUT2D eigenvalue weighted by molar-refractivity contribution is 7.18. The minimum Gasteiger partial charge on any atom is -0.496 e. The van der Waals surface area contributed by atoms with Gasteiger partial charge in [-0.05, 0) is 31.6 Å². The molecule has 1 N–H and O–H groups in total. The molecule has 0 saturated heterocycles. The van der Waals surface area contributed by atoms with Gasteiger partial charge in [-0.2, -0.15) is 0 Å². The number of hydrogen-bond donors (Lipinski definition) is 1. The number of nitrogens with zero attached hydrogens (tertiary/aromatic N) is 3. The van der Waals surface area contributed by atoms with Crippen LogP contribution in [0.2, 0.25) is 0 Å². The van der Waals surface area contributed by atoms with Crippen molar-refractivity contribution in [3.05, 3.63) is 69.4 Å². The van der Waals surface area contributed by atoms with Crippen molar-refractivity contribution in [3.63, 3.8) is 0 Å². The summed E-state index contributed by atoms with van der Waals surface area (Å²) in [5, 5.41) is 7.44. The first-order valence-corrected chi connectivity index (χ1v) is 11.8. The number of hydrogen-bond acceptors (Lipinski definition) is 7. The van der Waals surface area contributed by atoms with Crippen molar-refractivity contribution in [2.24, 2.45) is 0 Å². The lowest BCUT2D eigenvalue weighted by Crippen LogP contribution is -2.38. The zero-order valence-corrected chi connectivity index (χ0v) is 19.7. The summed E-state index contributed by atoms with van der Waals surface area (Å²) in [4.78, 5) is 34.0. The zero-order valence-electron chi connectivity index (χ0n) is 18.1. The van der Waals surface area contributed by atoms with Crippen molar-refractivity contribution in [2.75, 3.05) is 27.7 Å². The Balaban J connectivity index is 1.52. The fraction of sp³-hybridized carbons (Fsp3) is 0.261. The van der Waals surface area contributed by atoms with E-state index in [9.17, 15) is 9.59 Å². The molecule has 0 aliphatic heterocycles. The third-order valence-corrected chi connectivity index (χ3v) is 7.06. The normalized spacial score (nSPS) is 12.2. The molecule has 0 fully saturated rings. The number of rotatable bonds is 8. The van der Waals surface area contributed by atoms with Crippen LogP contribution in [-0.2, 0) is 11.3 Å². The highest BCUT2D eigenvalue weighted by Crippen LogP contribution is 2.33. The van der Waals surface area contributed by atoms with E-state index in [2.05, 4.69) is 10.3 Å². The minimum atomic E-state index is -0.247. The van der Waals surface area contributed by atoms with Crippen LogP contribution in [0.1, 0.15) is 11.6 Å². The minimum absolute atomic E-state index is 0.0743. The molecule has 0 bridgehead atoms. The van der Waals surface area contributed by atoms with Gasteiger partial charge in [0.15, 0.2) is 0 Å². The number of ether oxygens (including phenoxy) is 1. The molecule has 0 aliphatic rings. The number of methoxy groups -OCH3 is 1. The van der Waals surface area contributed by atoms with Crippen LogP contribution in [0.3, 0.4) is 0 Å². The van der Waals surface area contributed by atoms with Crippen LogP contribution in [-0.4, -0.2) is 48.1 Å². The van der Waals surface area contributed by atoms with Crippen LogP contribution in [0.5, 0.6) is 5.75 Å². The predicted molar refractivity (Wildman–Crippen MR) is 130 cm³/mol. The number of thiophene rings is 2. The van der Waals surface area contributed by atoms with Gasteiger partial charge < -0.3 is 15.0 Å². The smallest absolute Gasteiger partial charge is 0.263 e. The SMILES string of the molecule is COc1ccccc1C(CNC(=O)Cn1cnc2scc(-c3cccs3)c2c1=O)N(C)C. The van der Waals surface area contributed by atoms with E-state index in [1.807, 2.05) is 66.2 Å². The highest BCUT2D eigenvalue weighted by atomic mass is 32.1. The molecule has 1 atom stereocenters. The molecule has 3 heterocycles. The summed E-state index contributed by atoms with van der Waals surface area (Å²) in [6.07, 6.45) is 1.45. The predicted octanol–water partition coefficient (Wildman–Crippen LogP) is 3.61. The lowest BCUT2D eigenvalue weighted by molar-refractivity contribution is -0.121. The molecule has 3 aromatic heterocycles. The van der Waals surface area contributed by atoms with Crippen molar-refractivity contribution >= 4 is 38.8 Å². The van der Waals surface area contributed by atoms with Gasteiger partial charge in [-0.1, -0.05) is 24.3 Å². The van der Waals surface area contributed by atoms with Crippen molar-refractivity contribution in [1.29, 1.82) is 0 Å². The number of nitrogens with one attached hydrogen (secondary N) is 1. The van der Waals surface area contributed by atoms with Crippen molar-refractivity contribution < 1.29 is 9.53 Å². The van der Waals surface area contributed by atoms with E-state index < -0.39 is 0 Å². The number of carbonyl (C=O) groups is 1. The number of amides is 1. The average Bonchev–Trinajstić information content (AvgIpc) is 3.46. The Morgan fingerprint density at radius 2 is 2.03 bits per heavy atom. The van der Waals surface area contributed by atoms with Crippen LogP contribution >= 0.6 is 22.7 Å². The molecule has 1 unspecified atom stereocenters. The van der Waals surface area contributed by atoms with E-state index in [1.165, 1.54) is 22.2 Å². The molecule has 0 spiro atoms. The summed E-state index contributed by atoms with van der Waals surface area (Å²) in [5.74, 6) is 0.521. The number of carbonyl (C=O) groups excluding carboxylic acids is 1. The summed E-state index contributed by atoms with van der Waals surface area (Å²) in [7, 11) is 5.54. The molecule has 0 radical (unpaired) electrons. The van der Waals surface area contributed by atoms with Crippen molar-refractivity contribution in [1.82, 2.24) is 19.8 Å². The molecule has 1 aromatic carbocycles. The molecular formula is C23H24N4O3S2. The quantitative estimate of drug-likeness (QED) is 0.428. The first kappa shape index (κ1) is 22.2. The molecule has 0 saturated carbocycles. The van der Waals surface area contributed by atoms with Gasteiger partial charge in [-0.25, -0.2) is 4.98 Å². The molecule has 7 nitrogen and oxygen atoms in total. The van der Waals surface area contributed by atoms with Crippen LogP contribution in [0.25, 0.3) is 20.7 Å². The van der Waals surface area contributed by atoms with Gasteiger partial charge in [0.1, 0.15) is 17.1 Å². The van der Waals surface area contributed by atoms with Crippen LogP contribution in [0, 0.1) is 0 Å². The summed E-state index contributed by atoms with van der Waals surface area (Å²) < 4.78 is 6.85. The Hall–Kier alpha value is -3.01. The largest absolute Gasteiger partial charge is 0.496 e. The Bertz CT molecular complexity index is 1280. The van der Waals surface area contributed by atoms with Gasteiger partial charge in [0.2, 0.25) is 5.91 Å². The fourth-order valence-corrected chi connectivity index (χ4v) is 5.35. The number of fused-ring (bicyclic) bond motifs is 1. The van der Waals surface area contributed by atoms with Gasteiger partial charge in [0.05, 0.1) is 24.9 Å². The van der Waals surface area contributed by atoms with Crippen molar-refractivity contribution in [3.8, 4) is 16.2 Å². The lowest BCUT2D eigenvalue weighted by atomic mass is 10.0. The van der Waals surface area contributed by atoms with Crippen LogP contribution in [0.4, 0.5) is 0 Å². The Kier molecular flexibility index (Phi) is 6.69. The number of likely N-dealkylation sites (N-methyl/N-ethyl adjacent to an activating group) is 1. The summed E-state index contributed by atoms with van der Waals surface area (Å²) in [5.41, 5.74) is 1.65. The maximum atomic E-state index is 13.1. The molecule has 0 aliphatic carbocycles.